The van der Waals surface area contributed by atoms with Crippen LogP contribution in [0.3, 0.4) is 0 Å². The van der Waals surface area contributed by atoms with E-state index in [-0.39, 0.29) is 5.56 Å². The lowest BCUT2D eigenvalue weighted by Crippen LogP contribution is -1.95. The topological polar surface area (TPSA) is 38.4 Å². The SMILES string of the molecule is CN=C/C=C(\C=C(/C)c1c(C)ccc2c1oc1nc(C)ccc12)c1cc(F)c(F)c(F)c1. The highest BCUT2D eigenvalue weighted by Gasteiger charge is 2.17. The van der Waals surface area contributed by atoms with Crippen molar-refractivity contribution >= 4 is 39.4 Å². The summed E-state index contributed by atoms with van der Waals surface area (Å²) in [7, 11) is 1.59. The molecule has 0 fully saturated rings. The van der Waals surface area contributed by atoms with E-state index < -0.39 is 17.5 Å². The fourth-order valence-electron chi connectivity index (χ4n) is 3.81. The van der Waals surface area contributed by atoms with Gasteiger partial charge in [-0.25, -0.2) is 18.2 Å². The first-order valence-electron chi connectivity index (χ1n) is 10.1. The Labute approximate surface area is 183 Å². The molecular formula is C26H21F3N2O. The van der Waals surface area contributed by atoms with Gasteiger partial charge in [0.1, 0.15) is 5.58 Å². The van der Waals surface area contributed by atoms with Gasteiger partial charge in [0.05, 0.1) is 0 Å². The molecule has 4 rings (SSSR count). The minimum absolute atomic E-state index is 0.201. The molecule has 162 valence electrons. The summed E-state index contributed by atoms with van der Waals surface area (Å²) >= 11 is 0. The van der Waals surface area contributed by atoms with Gasteiger partial charge in [-0.1, -0.05) is 18.2 Å². The monoisotopic (exact) mass is 434 g/mol. The number of aromatic nitrogens is 1. The number of pyridine rings is 1. The minimum Gasteiger partial charge on any atom is -0.437 e. The Bertz CT molecular complexity index is 1420. The van der Waals surface area contributed by atoms with Crippen molar-refractivity contribution < 1.29 is 17.6 Å². The van der Waals surface area contributed by atoms with Crippen molar-refractivity contribution in [3.63, 3.8) is 0 Å². The first-order valence-corrected chi connectivity index (χ1v) is 10.1. The molecule has 0 radical (unpaired) electrons. The molecule has 2 heterocycles. The molecule has 2 aromatic heterocycles. The van der Waals surface area contributed by atoms with Crippen LogP contribution < -0.4 is 0 Å². The van der Waals surface area contributed by atoms with Crippen molar-refractivity contribution in [2.45, 2.75) is 20.8 Å². The molecule has 32 heavy (non-hydrogen) atoms. The summed E-state index contributed by atoms with van der Waals surface area (Å²) in [4.78, 5) is 8.41. The van der Waals surface area contributed by atoms with E-state index in [2.05, 4.69) is 9.98 Å². The number of hydrogen-bond acceptors (Lipinski definition) is 3. The summed E-state index contributed by atoms with van der Waals surface area (Å²) in [6.45, 7) is 5.75. The second-order valence-electron chi connectivity index (χ2n) is 7.65. The third-order valence-corrected chi connectivity index (χ3v) is 5.34. The molecule has 0 saturated carbocycles. The summed E-state index contributed by atoms with van der Waals surface area (Å²) in [5.74, 6) is -3.99. The normalized spacial score (nSPS) is 13.1. The number of furan rings is 1. The van der Waals surface area contributed by atoms with Crippen LogP contribution in [0.1, 0.15) is 29.3 Å². The number of fused-ring (bicyclic) bond motifs is 3. The number of allylic oxidation sites excluding steroid dienone is 4. The second kappa shape index (κ2) is 8.46. The average molecular weight is 434 g/mol. The quantitative estimate of drug-likeness (QED) is 0.193. The number of aliphatic imine (C=N–C) groups is 1. The van der Waals surface area contributed by atoms with Gasteiger partial charge >= 0.3 is 0 Å². The second-order valence-corrected chi connectivity index (χ2v) is 7.65. The van der Waals surface area contributed by atoms with Crippen LogP contribution in [0, 0.1) is 31.3 Å². The molecule has 3 nitrogen and oxygen atoms in total. The van der Waals surface area contributed by atoms with Crippen LogP contribution in [0.15, 0.2) is 58.0 Å². The first-order chi connectivity index (χ1) is 15.3. The molecule has 0 aliphatic rings. The zero-order valence-corrected chi connectivity index (χ0v) is 18.1. The number of hydrogen-bond donors (Lipinski definition) is 0. The maximum Gasteiger partial charge on any atom is 0.227 e. The van der Waals surface area contributed by atoms with Gasteiger partial charge in [0.25, 0.3) is 0 Å². The number of nitrogens with zero attached hydrogens (tertiary/aromatic N) is 2. The van der Waals surface area contributed by atoms with Gasteiger partial charge in [-0.15, -0.1) is 0 Å². The Morgan fingerprint density at radius 1 is 1.00 bits per heavy atom. The summed E-state index contributed by atoms with van der Waals surface area (Å²) in [6.07, 6.45) is 4.91. The zero-order valence-electron chi connectivity index (χ0n) is 18.1. The summed E-state index contributed by atoms with van der Waals surface area (Å²) in [5, 5.41) is 1.84. The van der Waals surface area contributed by atoms with E-state index in [1.165, 1.54) is 6.21 Å². The fourth-order valence-corrected chi connectivity index (χ4v) is 3.81. The largest absolute Gasteiger partial charge is 0.437 e. The molecule has 0 bridgehead atoms. The maximum absolute atomic E-state index is 13.9. The molecule has 0 saturated heterocycles. The number of benzene rings is 2. The highest BCUT2D eigenvalue weighted by atomic mass is 19.2. The fraction of sp³-hybridized carbons (Fsp3) is 0.154. The molecule has 0 amide bonds. The highest BCUT2D eigenvalue weighted by Crippen LogP contribution is 2.36. The van der Waals surface area contributed by atoms with Crippen molar-refractivity contribution in [3.8, 4) is 0 Å². The third kappa shape index (κ3) is 3.84. The molecule has 0 atom stereocenters. The van der Waals surface area contributed by atoms with Gasteiger partial charge in [-0.3, -0.25) is 4.99 Å². The highest BCUT2D eigenvalue weighted by molar-refractivity contribution is 6.08. The van der Waals surface area contributed by atoms with E-state index >= 15 is 0 Å². The van der Waals surface area contributed by atoms with Gasteiger partial charge in [-0.05, 0) is 73.4 Å². The lowest BCUT2D eigenvalue weighted by molar-refractivity contribution is 0.446. The average Bonchev–Trinajstić information content (AvgIpc) is 3.11. The Morgan fingerprint density at radius 3 is 2.38 bits per heavy atom. The Kier molecular flexibility index (Phi) is 5.70. The standard InChI is InChI=1S/C26H21F3N2O/c1-14-5-7-19-20-8-6-16(3)31-26(20)32-25(19)23(14)15(2)11-17(9-10-30-4)18-12-21(27)24(29)22(28)13-18/h5-13H,1-4H3/b15-11+,17-9+,30-10?. The number of rotatable bonds is 4. The van der Waals surface area contributed by atoms with Gasteiger partial charge in [0.2, 0.25) is 5.71 Å². The first kappa shape index (κ1) is 21.6. The van der Waals surface area contributed by atoms with E-state index in [9.17, 15) is 13.2 Å². The third-order valence-electron chi connectivity index (χ3n) is 5.34. The Hall–Kier alpha value is -3.67. The van der Waals surface area contributed by atoms with Crippen LogP contribution in [0.25, 0.3) is 33.2 Å². The molecular weight excluding hydrogens is 413 g/mol. The summed E-state index contributed by atoms with van der Waals surface area (Å²) in [5.41, 5.74) is 5.42. The molecule has 0 aliphatic carbocycles. The van der Waals surface area contributed by atoms with Crippen LogP contribution in [0.2, 0.25) is 0 Å². The van der Waals surface area contributed by atoms with Crippen molar-refractivity contribution in [1.29, 1.82) is 0 Å². The van der Waals surface area contributed by atoms with Crippen molar-refractivity contribution in [2.24, 2.45) is 4.99 Å². The van der Waals surface area contributed by atoms with E-state index in [4.69, 9.17) is 4.42 Å². The van der Waals surface area contributed by atoms with Crippen molar-refractivity contribution in [2.75, 3.05) is 7.05 Å². The Balaban J connectivity index is 1.93. The predicted molar refractivity (Wildman–Crippen MR) is 123 cm³/mol. The number of halogens is 3. The van der Waals surface area contributed by atoms with Gasteiger partial charge in [-0.2, -0.15) is 0 Å². The predicted octanol–water partition coefficient (Wildman–Crippen LogP) is 7.20. The van der Waals surface area contributed by atoms with Crippen molar-refractivity contribution in [3.05, 3.63) is 88.4 Å². The van der Waals surface area contributed by atoms with Crippen LogP contribution in [0.4, 0.5) is 13.2 Å². The summed E-state index contributed by atoms with van der Waals surface area (Å²) in [6, 6.07) is 9.85. The zero-order chi connectivity index (χ0) is 23.0. The van der Waals surface area contributed by atoms with Gasteiger partial charge in [0, 0.05) is 35.3 Å². The van der Waals surface area contributed by atoms with E-state index in [0.29, 0.717) is 16.9 Å². The van der Waals surface area contributed by atoms with Crippen LogP contribution in [0.5, 0.6) is 0 Å². The maximum atomic E-state index is 13.9. The molecule has 4 aromatic rings. The molecule has 0 N–H and O–H groups in total. The molecule has 2 aromatic carbocycles. The smallest absolute Gasteiger partial charge is 0.227 e. The molecule has 6 heteroatoms. The lowest BCUT2D eigenvalue weighted by atomic mass is 9.95. The van der Waals surface area contributed by atoms with Crippen LogP contribution in [-0.2, 0) is 0 Å². The van der Waals surface area contributed by atoms with E-state index in [0.717, 1.165) is 45.3 Å². The summed E-state index contributed by atoms with van der Waals surface area (Å²) < 4.78 is 47.4. The van der Waals surface area contributed by atoms with Gasteiger partial charge in [0.15, 0.2) is 17.5 Å². The molecule has 0 spiro atoms. The Morgan fingerprint density at radius 2 is 1.69 bits per heavy atom. The van der Waals surface area contributed by atoms with Crippen molar-refractivity contribution in [1.82, 2.24) is 4.98 Å². The molecule has 0 aliphatic heterocycles. The van der Waals surface area contributed by atoms with Crippen LogP contribution in [-0.4, -0.2) is 18.2 Å². The molecule has 0 unspecified atom stereocenters. The van der Waals surface area contributed by atoms with Crippen LogP contribution >= 0.6 is 0 Å². The minimum atomic E-state index is -1.50. The van der Waals surface area contributed by atoms with E-state index in [1.54, 1.807) is 19.2 Å². The number of aryl methyl sites for hydroxylation is 2. The lowest BCUT2D eigenvalue weighted by Gasteiger charge is -2.10. The van der Waals surface area contributed by atoms with Gasteiger partial charge < -0.3 is 4.42 Å². The van der Waals surface area contributed by atoms with E-state index in [1.807, 2.05) is 45.0 Å².